The molecule has 0 radical (unpaired) electrons. The molecule has 0 aromatic heterocycles. The Morgan fingerprint density at radius 3 is 2.56 bits per heavy atom. The molecule has 0 amide bonds. The molecular formula is C26H35NO5. The Kier molecular flexibility index (Phi) is 7.32. The number of Topliss-reactive ketones (excluding diaryl/α,β-unsaturated/α-hetero) is 1. The molecule has 0 unspecified atom stereocenters. The highest BCUT2D eigenvalue weighted by Crippen LogP contribution is 2.49. The van der Waals surface area contributed by atoms with E-state index >= 15 is 0 Å². The molecule has 1 aromatic carbocycles. The van der Waals surface area contributed by atoms with Crippen LogP contribution in [0.4, 0.5) is 0 Å². The first-order valence-corrected chi connectivity index (χ1v) is 11.4. The van der Waals surface area contributed by atoms with Gasteiger partial charge in [-0.05, 0) is 31.2 Å². The van der Waals surface area contributed by atoms with Crippen molar-refractivity contribution in [3.8, 4) is 11.5 Å². The van der Waals surface area contributed by atoms with Crippen molar-refractivity contribution in [2.45, 2.75) is 65.7 Å². The van der Waals surface area contributed by atoms with Gasteiger partial charge in [-0.15, -0.1) is 0 Å². The van der Waals surface area contributed by atoms with E-state index in [1.54, 1.807) is 20.3 Å². The average Bonchev–Trinajstić information content (AvgIpc) is 2.74. The van der Waals surface area contributed by atoms with Gasteiger partial charge in [-0.25, -0.2) is 4.79 Å². The van der Waals surface area contributed by atoms with Crippen molar-refractivity contribution in [2.75, 3.05) is 20.8 Å². The van der Waals surface area contributed by atoms with Crippen LogP contribution >= 0.6 is 0 Å². The lowest BCUT2D eigenvalue weighted by Crippen LogP contribution is -2.38. The number of carbonyl (C=O) groups excluding carboxylic acids is 2. The molecule has 0 saturated heterocycles. The first kappa shape index (κ1) is 23.9. The van der Waals surface area contributed by atoms with Crippen molar-refractivity contribution in [1.82, 2.24) is 5.32 Å². The van der Waals surface area contributed by atoms with E-state index in [2.05, 4.69) is 26.1 Å². The maximum Gasteiger partial charge on any atom is 0.336 e. The third kappa shape index (κ3) is 4.84. The molecule has 6 heteroatoms. The molecule has 0 bridgehead atoms. The van der Waals surface area contributed by atoms with Crippen molar-refractivity contribution < 1.29 is 23.8 Å². The molecule has 1 aliphatic heterocycles. The van der Waals surface area contributed by atoms with Crippen molar-refractivity contribution >= 4 is 11.8 Å². The van der Waals surface area contributed by atoms with Gasteiger partial charge >= 0.3 is 5.97 Å². The topological polar surface area (TPSA) is 73.9 Å². The third-order valence-electron chi connectivity index (χ3n) is 6.19. The molecule has 3 rings (SSSR count). The number of hydrogen-bond donors (Lipinski definition) is 1. The van der Waals surface area contributed by atoms with Crippen LogP contribution < -0.4 is 14.8 Å². The molecule has 32 heavy (non-hydrogen) atoms. The monoisotopic (exact) mass is 441 g/mol. The SMILES string of the molecule is CCCCCOC(=O)C1=C(C)NC2=C(C(=O)CC(C)(C)C2)[C@H]1c1ccc(OC)cc1OC. The Bertz CT molecular complexity index is 957. The number of nitrogens with one attached hydrogen (secondary N) is 1. The number of ketones is 1. The summed E-state index contributed by atoms with van der Waals surface area (Å²) in [6, 6.07) is 5.49. The molecule has 1 N–H and O–H groups in total. The second kappa shape index (κ2) is 9.80. The second-order valence-electron chi connectivity index (χ2n) is 9.38. The lowest BCUT2D eigenvalue weighted by molar-refractivity contribution is -0.139. The van der Waals surface area contributed by atoms with E-state index in [9.17, 15) is 9.59 Å². The zero-order valence-corrected chi connectivity index (χ0v) is 20.1. The fourth-order valence-corrected chi connectivity index (χ4v) is 4.67. The molecule has 1 aromatic rings. The summed E-state index contributed by atoms with van der Waals surface area (Å²) in [5, 5.41) is 3.37. The number of carbonyl (C=O) groups is 2. The Hall–Kier alpha value is -2.76. The van der Waals surface area contributed by atoms with E-state index in [4.69, 9.17) is 14.2 Å². The lowest BCUT2D eigenvalue weighted by Gasteiger charge is -2.39. The summed E-state index contributed by atoms with van der Waals surface area (Å²) >= 11 is 0. The first-order chi connectivity index (χ1) is 15.2. The van der Waals surface area contributed by atoms with Crippen LogP contribution in [0.1, 0.15) is 71.3 Å². The minimum absolute atomic E-state index is 0.0513. The molecule has 1 heterocycles. The van der Waals surface area contributed by atoms with Gasteiger partial charge in [-0.1, -0.05) is 39.7 Å². The average molecular weight is 442 g/mol. The number of hydrogen-bond acceptors (Lipinski definition) is 6. The number of methoxy groups -OCH3 is 2. The van der Waals surface area contributed by atoms with Gasteiger partial charge in [0.05, 0.1) is 32.3 Å². The van der Waals surface area contributed by atoms with E-state index in [0.717, 1.165) is 42.6 Å². The van der Waals surface area contributed by atoms with Gasteiger partial charge in [0.25, 0.3) is 0 Å². The fourth-order valence-electron chi connectivity index (χ4n) is 4.67. The third-order valence-corrected chi connectivity index (χ3v) is 6.19. The largest absolute Gasteiger partial charge is 0.497 e. The summed E-state index contributed by atoms with van der Waals surface area (Å²) in [7, 11) is 3.18. The number of ether oxygens (including phenoxy) is 3. The predicted molar refractivity (Wildman–Crippen MR) is 124 cm³/mol. The minimum atomic E-state index is -0.547. The molecule has 1 atom stereocenters. The Labute approximate surface area is 191 Å². The summed E-state index contributed by atoms with van der Waals surface area (Å²) in [4.78, 5) is 26.7. The second-order valence-corrected chi connectivity index (χ2v) is 9.38. The summed E-state index contributed by atoms with van der Waals surface area (Å²) in [6.07, 6.45) is 4.04. The van der Waals surface area contributed by atoms with Crippen LogP contribution in [0.3, 0.4) is 0 Å². The van der Waals surface area contributed by atoms with E-state index in [0.29, 0.717) is 35.7 Å². The van der Waals surface area contributed by atoms with Crippen LogP contribution in [0.2, 0.25) is 0 Å². The van der Waals surface area contributed by atoms with Gasteiger partial charge in [0, 0.05) is 35.0 Å². The zero-order chi connectivity index (χ0) is 23.5. The van der Waals surface area contributed by atoms with Gasteiger partial charge in [-0.3, -0.25) is 4.79 Å². The summed E-state index contributed by atoms with van der Waals surface area (Å²) in [5.41, 5.74) is 3.33. The number of rotatable bonds is 8. The molecular weight excluding hydrogens is 406 g/mol. The van der Waals surface area contributed by atoms with Crippen molar-refractivity contribution in [3.63, 3.8) is 0 Å². The number of esters is 1. The minimum Gasteiger partial charge on any atom is -0.497 e. The van der Waals surface area contributed by atoms with Crippen molar-refractivity contribution in [3.05, 3.63) is 46.3 Å². The molecule has 0 spiro atoms. The standard InChI is InChI=1S/C26H35NO5/c1-7-8-9-12-32-25(29)22-16(2)27-19-14-26(3,4)15-20(28)24(19)23(22)18-11-10-17(30-5)13-21(18)31-6/h10-11,13,23,27H,7-9,12,14-15H2,1-6H3/t23-/m0/s1. The molecule has 174 valence electrons. The normalized spacial score (nSPS) is 19.9. The number of dihydropyridines is 1. The quantitative estimate of drug-likeness (QED) is 0.450. The van der Waals surface area contributed by atoms with Gasteiger partial charge in [-0.2, -0.15) is 0 Å². The summed E-state index contributed by atoms with van der Waals surface area (Å²) in [6.45, 7) is 8.53. The van der Waals surface area contributed by atoms with E-state index in [-0.39, 0.29) is 11.2 Å². The molecule has 1 aliphatic carbocycles. The van der Waals surface area contributed by atoms with Gasteiger partial charge in [0.1, 0.15) is 11.5 Å². The highest BCUT2D eigenvalue weighted by Gasteiger charge is 2.44. The highest BCUT2D eigenvalue weighted by molar-refractivity contribution is 6.04. The van der Waals surface area contributed by atoms with Gasteiger partial charge < -0.3 is 19.5 Å². The molecule has 0 saturated carbocycles. The van der Waals surface area contributed by atoms with Crippen LogP contribution in [-0.2, 0) is 14.3 Å². The smallest absolute Gasteiger partial charge is 0.336 e. The maximum absolute atomic E-state index is 13.4. The molecule has 0 fully saturated rings. The number of benzene rings is 1. The Morgan fingerprint density at radius 2 is 1.91 bits per heavy atom. The lowest BCUT2D eigenvalue weighted by atomic mass is 9.68. The molecule has 6 nitrogen and oxygen atoms in total. The van der Waals surface area contributed by atoms with Crippen molar-refractivity contribution in [1.29, 1.82) is 0 Å². The van der Waals surface area contributed by atoms with E-state index in [1.807, 2.05) is 19.1 Å². The fraction of sp³-hybridized carbons (Fsp3) is 0.538. The number of allylic oxidation sites excluding steroid dienone is 3. The van der Waals surface area contributed by atoms with Gasteiger partial charge in [0.15, 0.2) is 5.78 Å². The van der Waals surface area contributed by atoms with Crippen LogP contribution in [0.5, 0.6) is 11.5 Å². The number of unbranched alkanes of at least 4 members (excludes halogenated alkanes) is 2. The van der Waals surface area contributed by atoms with Crippen LogP contribution in [0, 0.1) is 5.41 Å². The first-order valence-electron chi connectivity index (χ1n) is 11.4. The van der Waals surface area contributed by atoms with Crippen LogP contribution in [0.15, 0.2) is 40.7 Å². The highest BCUT2D eigenvalue weighted by atomic mass is 16.5. The van der Waals surface area contributed by atoms with Gasteiger partial charge in [0.2, 0.25) is 0 Å². The van der Waals surface area contributed by atoms with E-state index in [1.165, 1.54) is 0 Å². The molecule has 2 aliphatic rings. The van der Waals surface area contributed by atoms with Crippen LogP contribution in [-0.4, -0.2) is 32.6 Å². The van der Waals surface area contributed by atoms with Crippen LogP contribution in [0.25, 0.3) is 0 Å². The predicted octanol–water partition coefficient (Wildman–Crippen LogP) is 5.04. The van der Waals surface area contributed by atoms with Crippen molar-refractivity contribution in [2.24, 2.45) is 5.41 Å². The zero-order valence-electron chi connectivity index (χ0n) is 20.1. The van der Waals surface area contributed by atoms with E-state index < -0.39 is 11.9 Å². The Balaban J connectivity index is 2.11. The Morgan fingerprint density at radius 1 is 1.16 bits per heavy atom. The summed E-state index contributed by atoms with van der Waals surface area (Å²) < 4.78 is 16.7. The maximum atomic E-state index is 13.4. The summed E-state index contributed by atoms with van der Waals surface area (Å²) in [5.74, 6) is 0.335.